The van der Waals surface area contributed by atoms with Gasteiger partial charge in [0.25, 0.3) is 5.91 Å². The van der Waals surface area contributed by atoms with Gasteiger partial charge in [0.2, 0.25) is 0 Å². The van der Waals surface area contributed by atoms with E-state index in [-0.39, 0.29) is 5.57 Å². The molecule has 0 aliphatic carbocycles. The second kappa shape index (κ2) is 8.47. The molecule has 0 spiro atoms. The molecule has 106 valence electrons. The molecule has 1 amide bonds. The topological polar surface area (TPSA) is 70.1 Å². The monoisotopic (exact) mass is 311 g/mol. The third kappa shape index (κ3) is 4.76. The van der Waals surface area contributed by atoms with Crippen LogP contribution in [0.5, 0.6) is 0 Å². The van der Waals surface area contributed by atoms with Crippen LogP contribution in [-0.4, -0.2) is 30.8 Å². The zero-order chi connectivity index (χ0) is 15.0. The fourth-order valence-electron chi connectivity index (χ4n) is 1.68. The Morgan fingerprint density at radius 3 is 2.20 bits per heavy atom. The maximum absolute atomic E-state index is 11.0. The van der Waals surface area contributed by atoms with Crippen LogP contribution in [0.4, 0.5) is 5.69 Å². The number of nitriles is 1. The molecule has 6 heteroatoms. The Hall–Kier alpha value is -1.70. The fraction of sp³-hybridized carbons (Fsp3) is 0.286. The summed E-state index contributed by atoms with van der Waals surface area (Å²) in [5, 5.41) is 8.78. The number of benzene rings is 1. The molecule has 20 heavy (non-hydrogen) atoms. The van der Waals surface area contributed by atoms with E-state index in [1.165, 1.54) is 6.08 Å². The predicted octanol–water partition coefficient (Wildman–Crippen LogP) is 2.36. The Morgan fingerprint density at radius 2 is 1.80 bits per heavy atom. The molecule has 0 aliphatic heterocycles. The number of anilines is 1. The highest BCUT2D eigenvalue weighted by molar-refractivity contribution is 6.18. The van der Waals surface area contributed by atoms with E-state index in [2.05, 4.69) is 4.90 Å². The average molecular weight is 312 g/mol. The SMILES string of the molecule is N#C/C(=C/c1ccc(N(CCCl)CCCl)cc1)C(N)=O. The Balaban J connectivity index is 2.93. The predicted molar refractivity (Wildman–Crippen MR) is 82.9 cm³/mol. The van der Waals surface area contributed by atoms with Crippen LogP contribution >= 0.6 is 23.2 Å². The maximum Gasteiger partial charge on any atom is 0.259 e. The molecule has 2 N–H and O–H groups in total. The summed E-state index contributed by atoms with van der Waals surface area (Å²) < 4.78 is 0. The number of amides is 1. The largest absolute Gasteiger partial charge is 0.369 e. The fourth-order valence-corrected chi connectivity index (χ4v) is 2.09. The Morgan fingerprint density at radius 1 is 1.25 bits per heavy atom. The highest BCUT2D eigenvalue weighted by atomic mass is 35.5. The van der Waals surface area contributed by atoms with E-state index in [9.17, 15) is 4.79 Å². The summed E-state index contributed by atoms with van der Waals surface area (Å²) in [6, 6.07) is 9.17. The van der Waals surface area contributed by atoms with E-state index in [0.29, 0.717) is 24.8 Å². The number of alkyl halides is 2. The number of hydrogen-bond acceptors (Lipinski definition) is 3. The van der Waals surface area contributed by atoms with Gasteiger partial charge < -0.3 is 10.6 Å². The standard InChI is InChI=1S/C14H15Cl2N3O/c15-5-7-19(8-6-16)13-3-1-11(2-4-13)9-12(10-17)14(18)20/h1-4,9H,5-8H2,(H2,18,20)/b12-9-. The van der Waals surface area contributed by atoms with E-state index in [4.69, 9.17) is 34.2 Å². The lowest BCUT2D eigenvalue weighted by Gasteiger charge is -2.22. The van der Waals surface area contributed by atoms with Crippen molar-refractivity contribution in [2.24, 2.45) is 5.73 Å². The summed E-state index contributed by atoms with van der Waals surface area (Å²) in [6.45, 7) is 1.41. The summed E-state index contributed by atoms with van der Waals surface area (Å²) in [5.74, 6) is 0.292. The summed E-state index contributed by atoms with van der Waals surface area (Å²) in [4.78, 5) is 13.0. The molecule has 0 aliphatic rings. The highest BCUT2D eigenvalue weighted by Crippen LogP contribution is 2.17. The van der Waals surface area contributed by atoms with E-state index >= 15 is 0 Å². The number of primary amides is 1. The minimum Gasteiger partial charge on any atom is -0.369 e. The Labute approximate surface area is 128 Å². The lowest BCUT2D eigenvalue weighted by molar-refractivity contribution is -0.114. The van der Waals surface area contributed by atoms with Crippen molar-refractivity contribution in [2.75, 3.05) is 29.7 Å². The smallest absolute Gasteiger partial charge is 0.259 e. The van der Waals surface area contributed by atoms with Gasteiger partial charge in [0.1, 0.15) is 11.6 Å². The van der Waals surface area contributed by atoms with Crippen molar-refractivity contribution in [1.82, 2.24) is 0 Å². The van der Waals surface area contributed by atoms with Crippen LogP contribution in [0.1, 0.15) is 5.56 Å². The summed E-state index contributed by atoms with van der Waals surface area (Å²) in [5.41, 5.74) is 6.74. The zero-order valence-electron chi connectivity index (χ0n) is 10.9. The number of carbonyl (C=O) groups is 1. The van der Waals surface area contributed by atoms with Gasteiger partial charge in [0.05, 0.1) is 0 Å². The van der Waals surface area contributed by atoms with Gasteiger partial charge in [-0.1, -0.05) is 12.1 Å². The molecule has 0 saturated carbocycles. The van der Waals surface area contributed by atoms with E-state index in [0.717, 1.165) is 11.3 Å². The van der Waals surface area contributed by atoms with Crippen molar-refractivity contribution >= 4 is 40.9 Å². The molecule has 0 bridgehead atoms. The van der Waals surface area contributed by atoms with Crippen LogP contribution in [0.3, 0.4) is 0 Å². The minimum absolute atomic E-state index is 0.0730. The van der Waals surface area contributed by atoms with Crippen LogP contribution in [0.25, 0.3) is 6.08 Å². The van der Waals surface area contributed by atoms with Gasteiger partial charge in [-0.05, 0) is 23.8 Å². The second-order valence-corrected chi connectivity index (χ2v) is 4.75. The van der Waals surface area contributed by atoms with Crippen molar-refractivity contribution in [1.29, 1.82) is 5.26 Å². The molecule has 1 aromatic rings. The molecule has 0 heterocycles. The molecule has 0 atom stereocenters. The first-order chi connectivity index (χ1) is 9.62. The van der Waals surface area contributed by atoms with Gasteiger partial charge in [0, 0.05) is 30.5 Å². The quantitative estimate of drug-likeness (QED) is 0.477. The third-order valence-electron chi connectivity index (χ3n) is 2.66. The first-order valence-electron chi connectivity index (χ1n) is 6.01. The van der Waals surface area contributed by atoms with Crippen LogP contribution in [0.15, 0.2) is 29.8 Å². The van der Waals surface area contributed by atoms with Gasteiger partial charge in [-0.2, -0.15) is 5.26 Å². The zero-order valence-corrected chi connectivity index (χ0v) is 12.4. The second-order valence-electron chi connectivity index (χ2n) is 3.99. The van der Waals surface area contributed by atoms with Crippen molar-refractivity contribution in [2.45, 2.75) is 0 Å². The molecular formula is C14H15Cl2N3O. The lowest BCUT2D eigenvalue weighted by atomic mass is 10.1. The third-order valence-corrected chi connectivity index (χ3v) is 3.00. The van der Waals surface area contributed by atoms with E-state index in [1.54, 1.807) is 6.07 Å². The van der Waals surface area contributed by atoms with Gasteiger partial charge in [-0.25, -0.2) is 0 Å². The van der Waals surface area contributed by atoms with Crippen molar-refractivity contribution in [3.8, 4) is 6.07 Å². The summed E-state index contributed by atoms with van der Waals surface area (Å²) in [7, 11) is 0. The van der Waals surface area contributed by atoms with Gasteiger partial charge in [-0.15, -0.1) is 23.2 Å². The van der Waals surface area contributed by atoms with Gasteiger partial charge in [-0.3, -0.25) is 4.79 Å². The molecule has 1 rings (SSSR count). The molecule has 0 aromatic heterocycles. The van der Waals surface area contributed by atoms with E-state index < -0.39 is 5.91 Å². The normalized spacial score (nSPS) is 10.9. The summed E-state index contributed by atoms with van der Waals surface area (Å²) in [6.07, 6.45) is 1.46. The summed E-state index contributed by atoms with van der Waals surface area (Å²) >= 11 is 11.5. The molecule has 1 aromatic carbocycles. The van der Waals surface area contributed by atoms with Crippen LogP contribution in [-0.2, 0) is 4.79 Å². The van der Waals surface area contributed by atoms with Crippen molar-refractivity contribution in [3.05, 3.63) is 35.4 Å². The van der Waals surface area contributed by atoms with Crippen molar-refractivity contribution in [3.63, 3.8) is 0 Å². The highest BCUT2D eigenvalue weighted by Gasteiger charge is 2.06. The van der Waals surface area contributed by atoms with Crippen LogP contribution in [0.2, 0.25) is 0 Å². The van der Waals surface area contributed by atoms with Gasteiger partial charge >= 0.3 is 0 Å². The lowest BCUT2D eigenvalue weighted by Crippen LogP contribution is -2.27. The minimum atomic E-state index is -0.734. The molecule has 4 nitrogen and oxygen atoms in total. The number of halogens is 2. The number of hydrogen-bond donors (Lipinski definition) is 1. The maximum atomic E-state index is 11.0. The first kappa shape index (κ1) is 16.4. The van der Waals surface area contributed by atoms with Crippen LogP contribution < -0.4 is 10.6 Å². The van der Waals surface area contributed by atoms with Crippen LogP contribution in [0, 0.1) is 11.3 Å². The molecule has 0 fully saturated rings. The first-order valence-corrected chi connectivity index (χ1v) is 7.07. The molecule has 0 radical (unpaired) electrons. The number of rotatable bonds is 7. The number of carbonyl (C=O) groups excluding carboxylic acids is 1. The van der Waals surface area contributed by atoms with Gasteiger partial charge in [0.15, 0.2) is 0 Å². The van der Waals surface area contributed by atoms with E-state index in [1.807, 2.05) is 24.3 Å². The number of nitrogens with zero attached hydrogens (tertiary/aromatic N) is 2. The Bertz CT molecular complexity index is 514. The molecule has 0 saturated heterocycles. The Kier molecular flexibility index (Phi) is 6.92. The average Bonchev–Trinajstić information content (AvgIpc) is 2.45. The number of nitrogens with two attached hydrogens (primary N) is 1. The van der Waals surface area contributed by atoms with Crippen molar-refractivity contribution < 1.29 is 4.79 Å². The molecule has 0 unspecified atom stereocenters. The molecular weight excluding hydrogens is 297 g/mol.